The van der Waals surface area contributed by atoms with Crippen molar-refractivity contribution in [2.45, 2.75) is 20.8 Å². The van der Waals surface area contributed by atoms with Crippen molar-refractivity contribution in [3.05, 3.63) is 88.7 Å². The number of aryl methyl sites for hydroxylation is 3. The molecule has 28 heavy (non-hydrogen) atoms. The monoisotopic (exact) mass is 374 g/mol. The number of ketones is 1. The summed E-state index contributed by atoms with van der Waals surface area (Å²) < 4.78 is 5.74. The van der Waals surface area contributed by atoms with Crippen LogP contribution < -0.4 is 10.1 Å². The molecule has 0 unspecified atom stereocenters. The lowest BCUT2D eigenvalue weighted by Crippen LogP contribution is -2.17. The summed E-state index contributed by atoms with van der Waals surface area (Å²) in [6, 6.07) is 14.5. The maximum atomic E-state index is 12.7. The molecule has 0 bridgehead atoms. The summed E-state index contributed by atoms with van der Waals surface area (Å²) >= 11 is 0. The molecular formula is C23H22N2O3. The van der Waals surface area contributed by atoms with E-state index in [9.17, 15) is 9.59 Å². The molecule has 1 aromatic heterocycles. The Hall–Kier alpha value is -3.47. The van der Waals surface area contributed by atoms with Crippen molar-refractivity contribution < 1.29 is 14.3 Å². The van der Waals surface area contributed by atoms with Crippen LogP contribution in [0.5, 0.6) is 5.75 Å². The number of rotatable bonds is 6. The number of aromatic nitrogens is 1. The zero-order valence-corrected chi connectivity index (χ0v) is 16.2. The Morgan fingerprint density at radius 3 is 2.25 bits per heavy atom. The minimum atomic E-state index is -0.302. The highest BCUT2D eigenvalue weighted by Crippen LogP contribution is 2.22. The third-order valence-electron chi connectivity index (χ3n) is 4.37. The number of hydrogen-bond acceptors (Lipinski definition) is 4. The third kappa shape index (κ3) is 4.62. The van der Waals surface area contributed by atoms with Gasteiger partial charge in [0, 0.05) is 23.6 Å². The van der Waals surface area contributed by atoms with Crippen LogP contribution in [0.25, 0.3) is 0 Å². The quantitative estimate of drug-likeness (QED) is 0.644. The fourth-order valence-corrected chi connectivity index (χ4v) is 2.84. The van der Waals surface area contributed by atoms with Crippen LogP contribution in [0.1, 0.15) is 37.4 Å². The molecule has 0 saturated carbocycles. The predicted octanol–water partition coefficient (Wildman–Crippen LogP) is 4.52. The van der Waals surface area contributed by atoms with Crippen LogP contribution in [-0.4, -0.2) is 23.3 Å². The molecule has 1 amide bonds. The van der Waals surface area contributed by atoms with Gasteiger partial charge in [-0.2, -0.15) is 0 Å². The smallest absolute Gasteiger partial charge is 0.259 e. The summed E-state index contributed by atoms with van der Waals surface area (Å²) in [5, 5.41) is 2.82. The summed E-state index contributed by atoms with van der Waals surface area (Å²) in [4.78, 5) is 29.2. The van der Waals surface area contributed by atoms with E-state index in [2.05, 4.69) is 10.3 Å². The average molecular weight is 374 g/mol. The Morgan fingerprint density at radius 1 is 0.893 bits per heavy atom. The number of amides is 1. The van der Waals surface area contributed by atoms with E-state index in [1.807, 2.05) is 45.0 Å². The number of pyridine rings is 1. The first-order chi connectivity index (χ1) is 13.4. The molecule has 0 aliphatic rings. The molecule has 0 aliphatic heterocycles. The Morgan fingerprint density at radius 2 is 1.54 bits per heavy atom. The first kappa shape index (κ1) is 19.3. The molecule has 1 heterocycles. The van der Waals surface area contributed by atoms with E-state index in [0.717, 1.165) is 16.7 Å². The van der Waals surface area contributed by atoms with Crippen molar-refractivity contribution in [2.24, 2.45) is 0 Å². The number of nitrogens with zero attached hydrogens (tertiary/aromatic N) is 1. The summed E-state index contributed by atoms with van der Waals surface area (Å²) in [5.74, 6) is -0.0536. The normalized spacial score (nSPS) is 10.4. The topological polar surface area (TPSA) is 68.3 Å². The molecule has 2 aromatic carbocycles. The van der Waals surface area contributed by atoms with Crippen molar-refractivity contribution >= 4 is 17.4 Å². The first-order valence-corrected chi connectivity index (χ1v) is 8.99. The number of Topliss-reactive ketones (excluding diaryl/α,β-unsaturated/α-hetero) is 1. The zero-order chi connectivity index (χ0) is 20.1. The van der Waals surface area contributed by atoms with Crippen LogP contribution in [0.2, 0.25) is 0 Å². The molecule has 0 aliphatic carbocycles. The number of ether oxygens (including phenoxy) is 1. The lowest BCUT2D eigenvalue weighted by atomic mass is 10.0. The van der Waals surface area contributed by atoms with Crippen LogP contribution >= 0.6 is 0 Å². The molecule has 5 heteroatoms. The van der Waals surface area contributed by atoms with Gasteiger partial charge in [-0.1, -0.05) is 29.3 Å². The molecule has 0 atom stereocenters. The van der Waals surface area contributed by atoms with Crippen molar-refractivity contribution in [2.75, 3.05) is 11.9 Å². The number of benzene rings is 2. The van der Waals surface area contributed by atoms with E-state index in [4.69, 9.17) is 4.74 Å². The van der Waals surface area contributed by atoms with E-state index in [0.29, 0.717) is 22.6 Å². The SMILES string of the molecule is Cc1ccc(C)c(C(=O)COc2ccc(C)cc2C(=O)Nc2ccncc2)c1. The number of carbonyl (C=O) groups excluding carboxylic acids is 2. The minimum Gasteiger partial charge on any atom is -0.485 e. The third-order valence-corrected chi connectivity index (χ3v) is 4.37. The minimum absolute atomic E-state index is 0.123. The van der Waals surface area contributed by atoms with Gasteiger partial charge in [-0.25, -0.2) is 0 Å². The second kappa shape index (κ2) is 8.48. The maximum absolute atomic E-state index is 12.7. The highest BCUT2D eigenvalue weighted by Gasteiger charge is 2.16. The molecule has 1 N–H and O–H groups in total. The average Bonchev–Trinajstić information content (AvgIpc) is 2.69. The van der Waals surface area contributed by atoms with Gasteiger partial charge in [0.2, 0.25) is 0 Å². The lowest BCUT2D eigenvalue weighted by Gasteiger charge is -2.13. The Balaban J connectivity index is 1.78. The molecule has 0 fully saturated rings. The van der Waals surface area contributed by atoms with Crippen molar-refractivity contribution in [3.63, 3.8) is 0 Å². The van der Waals surface area contributed by atoms with Crippen molar-refractivity contribution in [3.8, 4) is 5.75 Å². The van der Waals surface area contributed by atoms with Crippen molar-refractivity contribution in [1.82, 2.24) is 4.98 Å². The molecule has 0 spiro atoms. The Kier molecular flexibility index (Phi) is 5.84. The fourth-order valence-electron chi connectivity index (χ4n) is 2.84. The first-order valence-electron chi connectivity index (χ1n) is 8.99. The number of carbonyl (C=O) groups is 2. The van der Waals surface area contributed by atoms with Crippen LogP contribution in [0.4, 0.5) is 5.69 Å². The van der Waals surface area contributed by atoms with Crippen LogP contribution in [0.15, 0.2) is 60.9 Å². The fraction of sp³-hybridized carbons (Fsp3) is 0.174. The molecule has 142 valence electrons. The number of nitrogens with one attached hydrogen (secondary N) is 1. The van der Waals surface area contributed by atoms with Gasteiger partial charge in [0.05, 0.1) is 5.56 Å². The maximum Gasteiger partial charge on any atom is 0.259 e. The molecule has 3 rings (SSSR count). The van der Waals surface area contributed by atoms with E-state index < -0.39 is 0 Å². The van der Waals surface area contributed by atoms with Gasteiger partial charge in [0.25, 0.3) is 5.91 Å². The van der Waals surface area contributed by atoms with Gasteiger partial charge in [-0.3, -0.25) is 14.6 Å². The van der Waals surface area contributed by atoms with Gasteiger partial charge in [-0.05, 0) is 56.7 Å². The largest absolute Gasteiger partial charge is 0.485 e. The predicted molar refractivity (Wildman–Crippen MR) is 109 cm³/mol. The Bertz CT molecular complexity index is 1010. The van der Waals surface area contributed by atoms with E-state index in [-0.39, 0.29) is 18.3 Å². The van der Waals surface area contributed by atoms with Crippen molar-refractivity contribution in [1.29, 1.82) is 0 Å². The zero-order valence-electron chi connectivity index (χ0n) is 16.2. The highest BCUT2D eigenvalue weighted by atomic mass is 16.5. The molecule has 3 aromatic rings. The van der Waals surface area contributed by atoms with Gasteiger partial charge >= 0.3 is 0 Å². The van der Waals surface area contributed by atoms with Gasteiger partial charge in [0.1, 0.15) is 5.75 Å². The van der Waals surface area contributed by atoms with E-state index >= 15 is 0 Å². The standard InChI is InChI=1S/C23H22N2O3/c1-15-4-6-17(3)19(12-15)21(26)14-28-22-7-5-16(2)13-20(22)23(27)25-18-8-10-24-11-9-18/h4-13H,14H2,1-3H3,(H,24,25,27). The molecule has 5 nitrogen and oxygen atoms in total. The number of hydrogen-bond donors (Lipinski definition) is 1. The van der Waals surface area contributed by atoms with E-state index in [1.165, 1.54) is 0 Å². The Labute approximate surface area is 164 Å². The van der Waals surface area contributed by atoms with Gasteiger partial charge < -0.3 is 10.1 Å². The highest BCUT2D eigenvalue weighted by molar-refractivity contribution is 6.06. The summed E-state index contributed by atoms with van der Waals surface area (Å²) in [7, 11) is 0. The van der Waals surface area contributed by atoms with Crippen LogP contribution in [0.3, 0.4) is 0 Å². The second-order valence-electron chi connectivity index (χ2n) is 6.72. The lowest BCUT2D eigenvalue weighted by molar-refractivity contribution is 0.0913. The molecular weight excluding hydrogens is 352 g/mol. The molecule has 0 radical (unpaired) electrons. The summed E-state index contributed by atoms with van der Waals surface area (Å²) in [6.45, 7) is 5.60. The van der Waals surface area contributed by atoms with E-state index in [1.54, 1.807) is 36.7 Å². The number of anilines is 1. The van der Waals surface area contributed by atoms with Gasteiger partial charge in [0.15, 0.2) is 12.4 Å². The van der Waals surface area contributed by atoms with Crippen LogP contribution in [-0.2, 0) is 0 Å². The molecule has 0 saturated heterocycles. The summed E-state index contributed by atoms with van der Waals surface area (Å²) in [6.07, 6.45) is 3.21. The summed E-state index contributed by atoms with van der Waals surface area (Å²) in [5.41, 5.74) is 4.49. The second-order valence-corrected chi connectivity index (χ2v) is 6.72. The van der Waals surface area contributed by atoms with Crippen LogP contribution in [0, 0.1) is 20.8 Å². The van der Waals surface area contributed by atoms with Gasteiger partial charge in [-0.15, -0.1) is 0 Å².